The molecule has 0 rings (SSSR count). The van der Waals surface area contributed by atoms with E-state index in [4.69, 9.17) is 18.5 Å². The van der Waals surface area contributed by atoms with E-state index in [0.29, 0.717) is 17.4 Å². The normalized spacial score (nSPS) is 13.2. The summed E-state index contributed by atoms with van der Waals surface area (Å²) in [5.74, 6) is -0.808. The first-order chi connectivity index (χ1) is 47.0. The molecule has 0 aromatic rings. The van der Waals surface area contributed by atoms with Crippen molar-refractivity contribution < 1.29 is 42.1 Å². The number of quaternary nitrogens is 1. The number of phosphoric acid groups is 1. The molecule has 0 aliphatic carbocycles. The number of nitrogens with zero attached hydrogens (tertiary/aromatic N) is 1. The highest BCUT2D eigenvalue weighted by Gasteiger charge is 2.22. The Balaban J connectivity index is 3.85. The molecule has 0 amide bonds. The summed E-state index contributed by atoms with van der Waals surface area (Å²) in [6.07, 6.45) is 103. The first kappa shape index (κ1) is 94.0. The van der Waals surface area contributed by atoms with Gasteiger partial charge in [-0.15, -0.1) is 0 Å². The molecule has 0 N–H and O–H groups in total. The van der Waals surface area contributed by atoms with Gasteiger partial charge in [-0.2, -0.15) is 0 Å². The van der Waals surface area contributed by atoms with E-state index in [0.717, 1.165) is 57.8 Å². The Bertz CT molecular complexity index is 1760. The average molecular weight is 1370 g/mol. The monoisotopic (exact) mass is 1370 g/mol. The summed E-state index contributed by atoms with van der Waals surface area (Å²) >= 11 is 0. The molecule has 0 aromatic heterocycles. The Hall–Kier alpha value is -2.03. The van der Waals surface area contributed by atoms with Crippen LogP contribution in [0.5, 0.6) is 0 Å². The lowest BCUT2D eigenvalue weighted by Crippen LogP contribution is -2.37. The van der Waals surface area contributed by atoms with Gasteiger partial charge in [0.1, 0.15) is 19.8 Å². The van der Waals surface area contributed by atoms with Crippen molar-refractivity contribution in [3.63, 3.8) is 0 Å². The summed E-state index contributed by atoms with van der Waals surface area (Å²) in [4.78, 5) is 38.2. The van der Waals surface area contributed by atoms with Crippen LogP contribution in [-0.2, 0) is 32.7 Å². The minimum atomic E-state index is -4.64. The Labute approximate surface area is 598 Å². The molecule has 0 saturated carbocycles. The highest BCUT2D eigenvalue weighted by Crippen LogP contribution is 2.38. The topological polar surface area (TPSA) is 111 Å². The van der Waals surface area contributed by atoms with Gasteiger partial charge in [0.25, 0.3) is 7.82 Å². The van der Waals surface area contributed by atoms with E-state index in [-0.39, 0.29) is 32.0 Å². The molecule has 96 heavy (non-hydrogen) atoms. The predicted octanol–water partition coefficient (Wildman–Crippen LogP) is 27.7. The molecule has 0 radical (unpaired) electrons. The summed E-state index contributed by atoms with van der Waals surface area (Å²) in [6.45, 7) is 4.21. The van der Waals surface area contributed by atoms with Crippen LogP contribution >= 0.6 is 7.82 Å². The third kappa shape index (κ3) is 80.9. The number of hydrogen-bond donors (Lipinski definition) is 0. The molecule has 0 heterocycles. The second-order valence-corrected chi connectivity index (χ2v) is 31.6. The molecule has 0 spiro atoms. The molecular formula is C86H164NO8P. The Morgan fingerprint density at radius 1 is 0.333 bits per heavy atom. The summed E-state index contributed by atoms with van der Waals surface area (Å²) in [6, 6.07) is 0. The second kappa shape index (κ2) is 77.1. The first-order valence-electron chi connectivity index (χ1n) is 42.3. The number of hydrogen-bond acceptors (Lipinski definition) is 8. The van der Waals surface area contributed by atoms with Crippen molar-refractivity contribution in [3.8, 4) is 0 Å². The van der Waals surface area contributed by atoms with E-state index in [9.17, 15) is 19.0 Å². The third-order valence-corrected chi connectivity index (χ3v) is 20.3. The maximum Gasteiger partial charge on any atom is 0.306 e. The summed E-state index contributed by atoms with van der Waals surface area (Å²) in [7, 11) is 1.19. The minimum absolute atomic E-state index is 0.0281. The molecule has 0 aromatic carbocycles. The van der Waals surface area contributed by atoms with E-state index in [1.54, 1.807) is 0 Å². The lowest BCUT2D eigenvalue weighted by Gasteiger charge is -2.28. The number of allylic oxidation sites excluding steroid dienone is 8. The lowest BCUT2D eigenvalue weighted by molar-refractivity contribution is -0.870. The van der Waals surface area contributed by atoms with Gasteiger partial charge >= 0.3 is 11.9 Å². The minimum Gasteiger partial charge on any atom is -0.756 e. The predicted molar refractivity (Wildman–Crippen MR) is 416 cm³/mol. The number of ether oxygens (including phenoxy) is 2. The number of rotatable bonds is 80. The molecule has 0 saturated heterocycles. The zero-order chi connectivity index (χ0) is 69.7. The van der Waals surface area contributed by atoms with Gasteiger partial charge in [0, 0.05) is 12.8 Å². The van der Waals surface area contributed by atoms with Gasteiger partial charge in [0.2, 0.25) is 0 Å². The van der Waals surface area contributed by atoms with E-state index in [1.165, 1.54) is 347 Å². The highest BCUT2D eigenvalue weighted by molar-refractivity contribution is 7.45. The van der Waals surface area contributed by atoms with Crippen LogP contribution in [0.25, 0.3) is 0 Å². The fourth-order valence-electron chi connectivity index (χ4n) is 13.0. The zero-order valence-corrected chi connectivity index (χ0v) is 65.7. The standard InChI is InChI=1S/C86H164NO8P/c1-6-8-10-12-14-16-18-20-22-24-26-28-30-32-34-36-38-39-40-41-42-43-44-45-46-47-49-50-52-54-56-58-60-62-64-66-68-70-72-74-76-78-85(88)92-82-84(83-94-96(90,91)93-81-80-87(3,4)5)95-86(89)79-77-75-73-71-69-67-65-63-61-59-57-55-53-51-48-37-35-33-31-29-27-25-23-21-19-17-15-13-11-9-7-2/h9,11,15,17,21,23,27,29,84H,6-8,10,12-14,16,18-20,22,24-26,28,30-83H2,1-5H3/b11-9-,17-15-,23-21-,29-27-. The molecule has 566 valence electrons. The van der Waals surface area contributed by atoms with Crippen LogP contribution in [0.4, 0.5) is 0 Å². The Kier molecular flexibility index (Phi) is 75.5. The van der Waals surface area contributed by atoms with E-state index in [1.807, 2.05) is 21.1 Å². The molecule has 0 aliphatic heterocycles. The first-order valence-corrected chi connectivity index (χ1v) is 43.8. The highest BCUT2D eigenvalue weighted by atomic mass is 31.2. The van der Waals surface area contributed by atoms with Crippen molar-refractivity contribution in [1.82, 2.24) is 0 Å². The molecule has 0 bridgehead atoms. The van der Waals surface area contributed by atoms with Gasteiger partial charge < -0.3 is 27.9 Å². The number of phosphoric ester groups is 1. The number of carbonyl (C=O) groups is 2. The van der Waals surface area contributed by atoms with Crippen LogP contribution in [0.15, 0.2) is 48.6 Å². The fraction of sp³-hybridized carbons (Fsp3) is 0.884. The van der Waals surface area contributed by atoms with Crippen molar-refractivity contribution >= 4 is 19.8 Å². The maximum atomic E-state index is 12.9. The van der Waals surface area contributed by atoms with Gasteiger partial charge in [-0.3, -0.25) is 14.2 Å². The molecule has 10 heteroatoms. The van der Waals surface area contributed by atoms with Crippen molar-refractivity contribution in [2.75, 3.05) is 47.5 Å². The van der Waals surface area contributed by atoms with Crippen molar-refractivity contribution in [2.24, 2.45) is 0 Å². The fourth-order valence-corrected chi connectivity index (χ4v) is 13.7. The van der Waals surface area contributed by atoms with Crippen LogP contribution in [0.3, 0.4) is 0 Å². The van der Waals surface area contributed by atoms with Crippen LogP contribution in [0.2, 0.25) is 0 Å². The molecule has 9 nitrogen and oxygen atoms in total. The van der Waals surface area contributed by atoms with E-state index in [2.05, 4.69) is 62.5 Å². The summed E-state index contributed by atoms with van der Waals surface area (Å²) in [5.41, 5.74) is 0. The number of carbonyl (C=O) groups excluding carboxylic acids is 2. The quantitative estimate of drug-likeness (QED) is 0.0195. The zero-order valence-electron chi connectivity index (χ0n) is 64.9. The third-order valence-electron chi connectivity index (χ3n) is 19.4. The number of unbranched alkanes of at least 4 members (excludes halogenated alkanes) is 58. The van der Waals surface area contributed by atoms with Gasteiger partial charge in [0.15, 0.2) is 6.10 Å². The molecular weight excluding hydrogens is 1210 g/mol. The molecule has 2 atom stereocenters. The number of esters is 2. The molecule has 0 aliphatic rings. The van der Waals surface area contributed by atoms with Crippen molar-refractivity contribution in [1.29, 1.82) is 0 Å². The van der Waals surface area contributed by atoms with E-state index >= 15 is 0 Å². The second-order valence-electron chi connectivity index (χ2n) is 30.2. The molecule has 0 fully saturated rings. The van der Waals surface area contributed by atoms with Gasteiger partial charge in [-0.05, 0) is 51.4 Å². The Morgan fingerprint density at radius 2 is 0.594 bits per heavy atom. The van der Waals surface area contributed by atoms with Crippen molar-refractivity contribution in [2.45, 2.75) is 444 Å². The summed E-state index contributed by atoms with van der Waals surface area (Å²) < 4.78 is 34.5. The lowest BCUT2D eigenvalue weighted by atomic mass is 10.0. The van der Waals surface area contributed by atoms with Gasteiger partial charge in [0.05, 0.1) is 27.7 Å². The van der Waals surface area contributed by atoms with Crippen molar-refractivity contribution in [3.05, 3.63) is 48.6 Å². The van der Waals surface area contributed by atoms with Gasteiger partial charge in [-0.1, -0.05) is 422 Å². The van der Waals surface area contributed by atoms with Crippen LogP contribution in [0, 0.1) is 0 Å². The largest absolute Gasteiger partial charge is 0.756 e. The van der Waals surface area contributed by atoms with Crippen LogP contribution in [0.1, 0.15) is 438 Å². The average Bonchev–Trinajstić information content (AvgIpc) is 1.97. The Morgan fingerprint density at radius 3 is 0.885 bits per heavy atom. The number of likely N-dealkylation sites (N-methyl/N-ethyl adjacent to an activating group) is 1. The summed E-state index contributed by atoms with van der Waals surface area (Å²) in [5, 5.41) is 0. The SMILES string of the molecule is CC/C=C\C/C=C\C/C=C\C/C=C\CCCCCCCCCCCCCCCCCCCCC(=O)OC(COC(=O)CCCCCCCCCCCCCCCCCCCCCCCCCCCCCCCCCCCCCCCCCCC)COP(=O)([O-])OCC[N+](C)(C)C. The van der Waals surface area contributed by atoms with E-state index < -0.39 is 26.5 Å². The maximum absolute atomic E-state index is 12.9. The van der Waals surface area contributed by atoms with Gasteiger partial charge in [-0.25, -0.2) is 0 Å². The smallest absolute Gasteiger partial charge is 0.306 e. The molecule has 2 unspecified atom stereocenters. The van der Waals surface area contributed by atoms with Crippen LogP contribution in [-0.4, -0.2) is 70.0 Å². The van der Waals surface area contributed by atoms with Crippen LogP contribution < -0.4 is 4.89 Å².